The molecule has 2 N–H and O–H groups in total. The third-order valence-corrected chi connectivity index (χ3v) is 3.38. The van der Waals surface area contributed by atoms with E-state index in [9.17, 15) is 4.79 Å². The molecule has 0 saturated carbocycles. The van der Waals surface area contributed by atoms with Gasteiger partial charge >= 0.3 is 0 Å². The fraction of sp³-hybridized carbons (Fsp3) is 0.357. The molecule has 2 aromatic rings. The van der Waals surface area contributed by atoms with E-state index in [0.717, 1.165) is 25.1 Å². The molecular weight excluding hydrogens is 272 g/mol. The van der Waals surface area contributed by atoms with Crippen molar-refractivity contribution in [3.05, 3.63) is 40.5 Å². The first kappa shape index (κ1) is 14.5. The average Bonchev–Trinajstić information content (AvgIpc) is 2.98. The molecule has 0 aromatic carbocycles. The molecule has 6 heteroatoms. The molecule has 0 aliphatic heterocycles. The van der Waals surface area contributed by atoms with E-state index < -0.39 is 0 Å². The monoisotopic (exact) mass is 290 g/mol. The summed E-state index contributed by atoms with van der Waals surface area (Å²) in [5.41, 5.74) is 3.38. The fourth-order valence-electron chi connectivity index (χ4n) is 1.73. The maximum atomic E-state index is 12.1. The number of hydrogen-bond donors (Lipinski definition) is 2. The van der Waals surface area contributed by atoms with E-state index in [0.29, 0.717) is 17.9 Å². The first-order chi connectivity index (χ1) is 9.81. The molecule has 2 heterocycles. The van der Waals surface area contributed by atoms with Crippen LogP contribution in [0.2, 0.25) is 0 Å². The van der Waals surface area contributed by atoms with Crippen LogP contribution in [0.25, 0.3) is 0 Å². The van der Waals surface area contributed by atoms with Gasteiger partial charge in [0.2, 0.25) is 0 Å². The van der Waals surface area contributed by atoms with Crippen molar-refractivity contribution in [2.24, 2.45) is 0 Å². The van der Waals surface area contributed by atoms with Crippen LogP contribution in [0.1, 0.15) is 29.4 Å². The number of aromatic nitrogens is 2. The first-order valence-electron chi connectivity index (χ1n) is 6.65. The molecule has 106 valence electrons. The number of amides is 1. The van der Waals surface area contributed by atoms with Gasteiger partial charge in [0.05, 0.1) is 16.8 Å². The summed E-state index contributed by atoms with van der Waals surface area (Å²) in [6.07, 6.45) is 3.42. The Morgan fingerprint density at radius 2 is 2.25 bits per heavy atom. The number of nitrogens with zero attached hydrogens (tertiary/aromatic N) is 2. The van der Waals surface area contributed by atoms with Gasteiger partial charge in [0.25, 0.3) is 5.91 Å². The maximum absolute atomic E-state index is 12.1. The Balaban J connectivity index is 1.91. The van der Waals surface area contributed by atoms with Crippen molar-refractivity contribution in [3.8, 4) is 0 Å². The summed E-state index contributed by atoms with van der Waals surface area (Å²) in [7, 11) is 0. The van der Waals surface area contributed by atoms with Gasteiger partial charge in [-0.3, -0.25) is 4.79 Å². The van der Waals surface area contributed by atoms with E-state index >= 15 is 0 Å². The molecule has 0 aliphatic carbocycles. The summed E-state index contributed by atoms with van der Waals surface area (Å²) in [5.74, 6) is 0.535. The maximum Gasteiger partial charge on any atom is 0.255 e. The number of hydrogen-bond acceptors (Lipinski definition) is 5. The highest BCUT2D eigenvalue weighted by Crippen LogP contribution is 2.11. The van der Waals surface area contributed by atoms with Crippen molar-refractivity contribution in [2.45, 2.75) is 19.8 Å². The van der Waals surface area contributed by atoms with Crippen LogP contribution < -0.4 is 10.6 Å². The summed E-state index contributed by atoms with van der Waals surface area (Å²) >= 11 is 1.56. The van der Waals surface area contributed by atoms with Crippen molar-refractivity contribution in [3.63, 3.8) is 0 Å². The van der Waals surface area contributed by atoms with Crippen molar-refractivity contribution >= 4 is 23.1 Å². The van der Waals surface area contributed by atoms with Crippen molar-refractivity contribution < 1.29 is 4.79 Å². The van der Waals surface area contributed by atoms with Gasteiger partial charge < -0.3 is 10.6 Å². The Morgan fingerprint density at radius 1 is 1.35 bits per heavy atom. The van der Waals surface area contributed by atoms with Crippen molar-refractivity contribution in [1.29, 1.82) is 0 Å². The summed E-state index contributed by atoms with van der Waals surface area (Å²) in [4.78, 5) is 20.5. The van der Waals surface area contributed by atoms with Crippen LogP contribution in [-0.2, 0) is 6.42 Å². The number of rotatable bonds is 7. The zero-order valence-electron chi connectivity index (χ0n) is 11.4. The van der Waals surface area contributed by atoms with Gasteiger partial charge in [-0.1, -0.05) is 6.92 Å². The molecule has 0 bridgehead atoms. The van der Waals surface area contributed by atoms with Crippen molar-refractivity contribution in [1.82, 2.24) is 15.3 Å². The van der Waals surface area contributed by atoms with Crippen LogP contribution in [0.4, 0.5) is 5.82 Å². The number of nitrogens with one attached hydrogen (secondary N) is 2. The second kappa shape index (κ2) is 7.59. The smallest absolute Gasteiger partial charge is 0.255 e. The topological polar surface area (TPSA) is 66.9 Å². The van der Waals surface area contributed by atoms with Gasteiger partial charge in [-0.15, -0.1) is 11.3 Å². The minimum Gasteiger partial charge on any atom is -0.369 e. The molecule has 0 radical (unpaired) electrons. The molecule has 5 nitrogen and oxygen atoms in total. The quantitative estimate of drug-likeness (QED) is 0.821. The van der Waals surface area contributed by atoms with Gasteiger partial charge in [0.1, 0.15) is 5.82 Å². The molecule has 0 saturated heterocycles. The highest BCUT2D eigenvalue weighted by Gasteiger charge is 2.11. The summed E-state index contributed by atoms with van der Waals surface area (Å²) < 4.78 is 0. The molecule has 2 aromatic heterocycles. The number of carbonyl (C=O) groups is 1. The van der Waals surface area contributed by atoms with Crippen LogP contribution in [0.15, 0.2) is 29.2 Å². The Morgan fingerprint density at radius 3 is 3.00 bits per heavy atom. The number of thiazole rings is 1. The summed E-state index contributed by atoms with van der Waals surface area (Å²) in [6.45, 7) is 3.45. The summed E-state index contributed by atoms with van der Waals surface area (Å²) in [5, 5.41) is 8.06. The van der Waals surface area contributed by atoms with Gasteiger partial charge in [0.15, 0.2) is 0 Å². The van der Waals surface area contributed by atoms with Crippen LogP contribution in [0.5, 0.6) is 0 Å². The van der Waals surface area contributed by atoms with E-state index in [1.165, 1.54) is 0 Å². The fourth-order valence-corrected chi connectivity index (χ4v) is 2.33. The zero-order chi connectivity index (χ0) is 14.2. The van der Waals surface area contributed by atoms with Crippen molar-refractivity contribution in [2.75, 3.05) is 18.4 Å². The first-order valence-corrected chi connectivity index (χ1v) is 7.59. The number of carbonyl (C=O) groups excluding carboxylic acids is 1. The lowest BCUT2D eigenvalue weighted by molar-refractivity contribution is 0.0954. The normalized spacial score (nSPS) is 10.2. The number of anilines is 1. The molecule has 2 rings (SSSR count). The van der Waals surface area contributed by atoms with Crippen LogP contribution in [-0.4, -0.2) is 29.0 Å². The summed E-state index contributed by atoms with van der Waals surface area (Å²) in [6, 6.07) is 3.55. The van der Waals surface area contributed by atoms with Gasteiger partial charge in [-0.05, 0) is 18.6 Å². The number of pyridine rings is 1. The van der Waals surface area contributed by atoms with E-state index in [1.807, 2.05) is 5.38 Å². The highest BCUT2D eigenvalue weighted by molar-refractivity contribution is 7.07. The van der Waals surface area contributed by atoms with E-state index in [1.54, 1.807) is 35.2 Å². The lowest BCUT2D eigenvalue weighted by Gasteiger charge is -2.10. The molecule has 0 spiro atoms. The lowest BCUT2D eigenvalue weighted by Crippen LogP contribution is -2.27. The zero-order valence-corrected chi connectivity index (χ0v) is 12.2. The average molecular weight is 290 g/mol. The van der Waals surface area contributed by atoms with E-state index in [-0.39, 0.29) is 5.91 Å². The Bertz CT molecular complexity index is 542. The SMILES string of the molecule is CCCNc1ncccc1C(=O)NCCc1cscn1. The van der Waals surface area contributed by atoms with Gasteiger partial charge in [-0.2, -0.15) is 0 Å². The highest BCUT2D eigenvalue weighted by atomic mass is 32.1. The Kier molecular flexibility index (Phi) is 5.49. The van der Waals surface area contributed by atoms with E-state index in [4.69, 9.17) is 0 Å². The molecule has 0 fully saturated rings. The van der Waals surface area contributed by atoms with Gasteiger partial charge in [0, 0.05) is 31.1 Å². The van der Waals surface area contributed by atoms with E-state index in [2.05, 4.69) is 27.5 Å². The second-order valence-electron chi connectivity index (χ2n) is 4.31. The van der Waals surface area contributed by atoms with Crippen LogP contribution in [0, 0.1) is 0 Å². The molecule has 1 amide bonds. The molecule has 0 unspecified atom stereocenters. The largest absolute Gasteiger partial charge is 0.369 e. The second-order valence-corrected chi connectivity index (χ2v) is 5.03. The molecular formula is C14H18N4OS. The van der Waals surface area contributed by atoms with Crippen LogP contribution in [0.3, 0.4) is 0 Å². The van der Waals surface area contributed by atoms with Gasteiger partial charge in [-0.25, -0.2) is 9.97 Å². The predicted molar refractivity (Wildman–Crippen MR) is 81.2 cm³/mol. The molecule has 0 atom stereocenters. The predicted octanol–water partition coefficient (Wildman–Crippen LogP) is 2.33. The molecule has 0 aliphatic rings. The Labute approximate surface area is 122 Å². The lowest BCUT2D eigenvalue weighted by atomic mass is 10.2. The molecule has 20 heavy (non-hydrogen) atoms. The minimum absolute atomic E-state index is 0.105. The Hall–Kier alpha value is -1.95. The standard InChI is InChI=1S/C14H18N4OS/c1-2-6-15-13-12(4-3-7-16-13)14(19)17-8-5-11-9-20-10-18-11/h3-4,7,9-10H,2,5-6,8H2,1H3,(H,15,16)(H,17,19). The minimum atomic E-state index is -0.105. The third-order valence-electron chi connectivity index (χ3n) is 2.74. The third kappa shape index (κ3) is 4.03. The van der Waals surface area contributed by atoms with Crippen LogP contribution >= 0.6 is 11.3 Å².